The highest BCUT2D eigenvalue weighted by atomic mass is 16.6. The standard InChI is InChI=1S/C17H31N3O2/c1-13(2)9-15(11-19-16(21)22-17(3,4)5)18-10-14-7-8-20(6)12-14/h7-8,12-13,15,18H,9-11H2,1-6H3,(H,19,21). The zero-order chi connectivity index (χ0) is 16.8. The van der Waals surface area contributed by atoms with Crippen LogP contribution in [0.1, 0.15) is 46.6 Å². The van der Waals surface area contributed by atoms with Crippen LogP contribution in [0.15, 0.2) is 18.5 Å². The Hall–Kier alpha value is -1.49. The highest BCUT2D eigenvalue weighted by molar-refractivity contribution is 5.67. The van der Waals surface area contributed by atoms with Crippen molar-refractivity contribution >= 4 is 6.09 Å². The first-order chi connectivity index (χ1) is 10.2. The lowest BCUT2D eigenvalue weighted by atomic mass is 10.0. The van der Waals surface area contributed by atoms with Crippen LogP contribution in [0.5, 0.6) is 0 Å². The Labute approximate surface area is 134 Å². The number of ether oxygens (including phenoxy) is 1. The van der Waals surface area contributed by atoms with E-state index in [-0.39, 0.29) is 12.1 Å². The number of aromatic nitrogens is 1. The first-order valence-electron chi connectivity index (χ1n) is 7.97. The molecule has 0 aliphatic rings. The van der Waals surface area contributed by atoms with Crippen molar-refractivity contribution in [1.29, 1.82) is 0 Å². The van der Waals surface area contributed by atoms with Gasteiger partial charge in [-0.3, -0.25) is 0 Å². The van der Waals surface area contributed by atoms with Gasteiger partial charge in [0.2, 0.25) is 0 Å². The van der Waals surface area contributed by atoms with E-state index in [0.717, 1.165) is 13.0 Å². The molecule has 0 radical (unpaired) electrons. The molecule has 1 rings (SSSR count). The van der Waals surface area contributed by atoms with Gasteiger partial charge in [-0.25, -0.2) is 4.79 Å². The molecule has 0 aliphatic carbocycles. The smallest absolute Gasteiger partial charge is 0.407 e. The van der Waals surface area contributed by atoms with Crippen LogP contribution in [0.2, 0.25) is 0 Å². The predicted octanol–water partition coefficient (Wildman–Crippen LogP) is 3.05. The predicted molar refractivity (Wildman–Crippen MR) is 89.7 cm³/mol. The minimum absolute atomic E-state index is 0.229. The molecule has 0 saturated carbocycles. The second-order valence-corrected chi connectivity index (χ2v) is 7.28. The summed E-state index contributed by atoms with van der Waals surface area (Å²) in [4.78, 5) is 11.8. The van der Waals surface area contributed by atoms with E-state index in [0.29, 0.717) is 12.5 Å². The van der Waals surface area contributed by atoms with Crippen LogP contribution in [0.4, 0.5) is 4.79 Å². The molecule has 0 fully saturated rings. The van der Waals surface area contributed by atoms with Crippen LogP contribution >= 0.6 is 0 Å². The fraction of sp³-hybridized carbons (Fsp3) is 0.706. The van der Waals surface area contributed by atoms with Crippen molar-refractivity contribution in [2.45, 2.75) is 59.2 Å². The van der Waals surface area contributed by atoms with Crippen molar-refractivity contribution in [2.75, 3.05) is 6.54 Å². The zero-order valence-corrected chi connectivity index (χ0v) is 14.8. The van der Waals surface area contributed by atoms with Crippen molar-refractivity contribution in [3.8, 4) is 0 Å². The van der Waals surface area contributed by atoms with Gasteiger partial charge in [0.15, 0.2) is 0 Å². The summed E-state index contributed by atoms with van der Waals surface area (Å²) in [5, 5.41) is 6.37. The van der Waals surface area contributed by atoms with Crippen LogP contribution in [-0.4, -0.2) is 28.8 Å². The molecule has 5 heteroatoms. The first-order valence-corrected chi connectivity index (χ1v) is 7.97. The molecule has 1 aromatic rings. The van der Waals surface area contributed by atoms with Gasteiger partial charge in [-0.2, -0.15) is 0 Å². The summed E-state index contributed by atoms with van der Waals surface area (Å²) in [7, 11) is 2.01. The van der Waals surface area contributed by atoms with E-state index >= 15 is 0 Å². The molecule has 1 heterocycles. The second-order valence-electron chi connectivity index (χ2n) is 7.28. The normalized spacial score (nSPS) is 13.2. The van der Waals surface area contributed by atoms with Gasteiger partial charge in [0.1, 0.15) is 5.60 Å². The van der Waals surface area contributed by atoms with Gasteiger partial charge in [0.05, 0.1) is 0 Å². The highest BCUT2D eigenvalue weighted by Gasteiger charge is 2.18. The molecule has 126 valence electrons. The van der Waals surface area contributed by atoms with Crippen LogP contribution in [-0.2, 0) is 18.3 Å². The van der Waals surface area contributed by atoms with Crippen molar-refractivity contribution in [3.05, 3.63) is 24.0 Å². The second kappa shape index (κ2) is 8.22. The van der Waals surface area contributed by atoms with Crippen molar-refractivity contribution in [2.24, 2.45) is 13.0 Å². The summed E-state index contributed by atoms with van der Waals surface area (Å²) < 4.78 is 7.31. The molecule has 22 heavy (non-hydrogen) atoms. The Bertz CT molecular complexity index is 461. The molecular weight excluding hydrogens is 278 g/mol. The van der Waals surface area contributed by atoms with Gasteiger partial charge in [0.25, 0.3) is 0 Å². The molecule has 0 aliphatic heterocycles. The number of aryl methyl sites for hydroxylation is 1. The molecule has 1 amide bonds. The number of hydrogen-bond donors (Lipinski definition) is 2. The van der Waals surface area contributed by atoms with E-state index < -0.39 is 5.60 Å². The molecule has 0 aromatic carbocycles. The van der Waals surface area contributed by atoms with Gasteiger partial charge < -0.3 is 19.9 Å². The van der Waals surface area contributed by atoms with Gasteiger partial charge in [0, 0.05) is 38.6 Å². The van der Waals surface area contributed by atoms with E-state index in [2.05, 4.69) is 36.7 Å². The summed E-state index contributed by atoms with van der Waals surface area (Å²) >= 11 is 0. The van der Waals surface area contributed by atoms with Gasteiger partial charge in [-0.1, -0.05) is 13.8 Å². The topological polar surface area (TPSA) is 55.3 Å². The fourth-order valence-corrected chi connectivity index (χ4v) is 2.26. The maximum absolute atomic E-state index is 11.8. The van der Waals surface area contributed by atoms with E-state index in [1.54, 1.807) is 0 Å². The van der Waals surface area contributed by atoms with Crippen molar-refractivity contribution < 1.29 is 9.53 Å². The summed E-state index contributed by atoms with van der Waals surface area (Å²) in [5.41, 5.74) is 0.781. The number of alkyl carbamates (subject to hydrolysis) is 1. The molecule has 1 unspecified atom stereocenters. The van der Waals surface area contributed by atoms with Crippen LogP contribution in [0, 0.1) is 5.92 Å². The lowest BCUT2D eigenvalue weighted by Crippen LogP contribution is -2.43. The third-order valence-electron chi connectivity index (χ3n) is 3.14. The van der Waals surface area contributed by atoms with Gasteiger partial charge >= 0.3 is 6.09 Å². The Kier molecular flexibility index (Phi) is 6.94. The molecule has 5 nitrogen and oxygen atoms in total. The van der Waals surface area contributed by atoms with E-state index in [1.165, 1.54) is 5.56 Å². The molecule has 1 atom stereocenters. The molecule has 0 saturated heterocycles. The summed E-state index contributed by atoms with van der Waals surface area (Å²) in [6, 6.07) is 2.33. The zero-order valence-electron chi connectivity index (χ0n) is 14.8. The maximum Gasteiger partial charge on any atom is 0.407 e. The van der Waals surface area contributed by atoms with E-state index in [4.69, 9.17) is 4.74 Å². The van der Waals surface area contributed by atoms with E-state index in [9.17, 15) is 4.79 Å². The molecular formula is C17H31N3O2. The van der Waals surface area contributed by atoms with Gasteiger partial charge in [-0.05, 0) is 44.7 Å². The number of carbonyl (C=O) groups excluding carboxylic acids is 1. The highest BCUT2D eigenvalue weighted by Crippen LogP contribution is 2.08. The van der Waals surface area contributed by atoms with Crippen LogP contribution in [0.3, 0.4) is 0 Å². The average molecular weight is 309 g/mol. The minimum atomic E-state index is -0.463. The lowest BCUT2D eigenvalue weighted by molar-refractivity contribution is 0.0521. The Morgan fingerprint density at radius 1 is 1.36 bits per heavy atom. The summed E-state index contributed by atoms with van der Waals surface area (Å²) in [6.07, 6.45) is 4.78. The number of carbonyl (C=O) groups is 1. The van der Waals surface area contributed by atoms with Crippen molar-refractivity contribution in [3.63, 3.8) is 0 Å². The molecule has 2 N–H and O–H groups in total. The minimum Gasteiger partial charge on any atom is -0.444 e. The van der Waals surface area contributed by atoms with Crippen molar-refractivity contribution in [1.82, 2.24) is 15.2 Å². The number of hydrogen-bond acceptors (Lipinski definition) is 3. The fourth-order valence-electron chi connectivity index (χ4n) is 2.26. The van der Waals surface area contributed by atoms with Crippen LogP contribution < -0.4 is 10.6 Å². The third kappa shape index (κ3) is 8.08. The monoisotopic (exact) mass is 309 g/mol. The van der Waals surface area contributed by atoms with Gasteiger partial charge in [-0.15, -0.1) is 0 Å². The van der Waals surface area contributed by atoms with Crippen LogP contribution in [0.25, 0.3) is 0 Å². The SMILES string of the molecule is CC(C)CC(CNC(=O)OC(C)(C)C)NCc1ccn(C)c1. The summed E-state index contributed by atoms with van der Waals surface area (Å²) in [5.74, 6) is 0.564. The Morgan fingerprint density at radius 2 is 2.05 bits per heavy atom. The lowest BCUT2D eigenvalue weighted by Gasteiger charge is -2.23. The number of nitrogens with zero attached hydrogens (tertiary/aromatic N) is 1. The van der Waals surface area contributed by atoms with E-state index in [1.807, 2.05) is 38.6 Å². The molecule has 1 aromatic heterocycles. The number of nitrogens with one attached hydrogen (secondary N) is 2. The first kappa shape index (κ1) is 18.6. The quantitative estimate of drug-likeness (QED) is 0.814. The maximum atomic E-state index is 11.8. The average Bonchev–Trinajstić information content (AvgIpc) is 2.76. The number of amides is 1. The Morgan fingerprint density at radius 3 is 2.55 bits per heavy atom. The number of rotatable bonds is 7. The summed E-state index contributed by atoms with van der Waals surface area (Å²) in [6.45, 7) is 11.3. The molecule has 0 bridgehead atoms. The molecule has 0 spiro atoms. The largest absolute Gasteiger partial charge is 0.444 e. The Balaban J connectivity index is 2.44. The third-order valence-corrected chi connectivity index (χ3v) is 3.14.